The van der Waals surface area contributed by atoms with Gasteiger partial charge < -0.3 is 15.3 Å². The molecule has 0 aliphatic heterocycles. The predicted octanol–water partition coefficient (Wildman–Crippen LogP) is 7.58. The second kappa shape index (κ2) is 11.2. The molecule has 2 N–H and O–H groups in total. The lowest BCUT2D eigenvalue weighted by Gasteiger charge is -2.29. The van der Waals surface area contributed by atoms with E-state index < -0.39 is 0 Å². The van der Waals surface area contributed by atoms with Crippen molar-refractivity contribution in [3.63, 3.8) is 0 Å². The molecule has 2 fully saturated rings. The van der Waals surface area contributed by atoms with Crippen molar-refractivity contribution in [2.45, 2.75) is 80.2 Å². The molecule has 2 aromatic carbocycles. The normalized spacial score (nSPS) is 17.6. The highest BCUT2D eigenvalue weighted by atomic mass is 33.1. The van der Waals surface area contributed by atoms with E-state index in [0.717, 1.165) is 36.3 Å². The van der Waals surface area contributed by atoms with Gasteiger partial charge in [-0.1, -0.05) is 71.5 Å². The van der Waals surface area contributed by atoms with E-state index in [2.05, 4.69) is 35.6 Å². The van der Waals surface area contributed by atoms with Crippen LogP contribution < -0.4 is 10.2 Å². The number of para-hydroxylation sites is 2. The average Bonchev–Trinajstić information content (AvgIpc) is 3.48. The summed E-state index contributed by atoms with van der Waals surface area (Å²) in [6.45, 7) is 1.55. The van der Waals surface area contributed by atoms with E-state index in [9.17, 15) is 9.90 Å². The van der Waals surface area contributed by atoms with Crippen molar-refractivity contribution in [3.8, 4) is 0 Å². The van der Waals surface area contributed by atoms with E-state index in [-0.39, 0.29) is 17.7 Å². The topological polar surface area (TPSA) is 52.6 Å². The first kappa shape index (κ1) is 23.1. The fraction of sp³-hybridized carbons (Fsp3) is 0.423. The van der Waals surface area contributed by atoms with Gasteiger partial charge in [-0.25, -0.2) is 0 Å². The number of benzene rings is 2. The van der Waals surface area contributed by atoms with Crippen molar-refractivity contribution in [1.82, 2.24) is 0 Å². The Morgan fingerprint density at radius 3 is 2.25 bits per heavy atom. The van der Waals surface area contributed by atoms with E-state index in [1.165, 1.54) is 42.3 Å². The average molecular weight is 469 g/mol. The van der Waals surface area contributed by atoms with Gasteiger partial charge in [-0.3, -0.25) is 4.79 Å². The molecule has 170 valence electrons. The first-order valence-electron chi connectivity index (χ1n) is 11.6. The van der Waals surface area contributed by atoms with Gasteiger partial charge in [0.15, 0.2) is 0 Å². The number of hydrogen-bond donors (Lipinski definition) is 2. The minimum atomic E-state index is -0.141. The molecule has 2 saturated carbocycles. The summed E-state index contributed by atoms with van der Waals surface area (Å²) in [5, 5.41) is 13.5. The number of aliphatic hydroxyl groups excluding tert-OH is 1. The van der Waals surface area contributed by atoms with Crippen LogP contribution in [0.15, 0.2) is 70.2 Å². The Morgan fingerprint density at radius 1 is 0.938 bits per heavy atom. The predicted molar refractivity (Wildman–Crippen MR) is 137 cm³/mol. The van der Waals surface area contributed by atoms with Gasteiger partial charge in [-0.2, -0.15) is 0 Å². The van der Waals surface area contributed by atoms with Crippen molar-refractivity contribution in [2.75, 3.05) is 10.2 Å². The number of carbonyl (C=O) groups is 1. The third kappa shape index (κ3) is 5.84. The van der Waals surface area contributed by atoms with Crippen LogP contribution in [0.2, 0.25) is 0 Å². The molecular formula is C26H32N2O2S2. The molecule has 2 aromatic rings. The van der Waals surface area contributed by atoms with Crippen LogP contribution >= 0.6 is 21.6 Å². The van der Waals surface area contributed by atoms with Crippen LogP contribution in [0.3, 0.4) is 0 Å². The summed E-state index contributed by atoms with van der Waals surface area (Å²) in [6, 6.07) is 17.4. The Hall–Kier alpha value is -2.05. The number of rotatable bonds is 8. The minimum Gasteiger partial charge on any atom is -0.512 e. The molecule has 6 heteroatoms. The molecule has 4 nitrogen and oxygen atoms in total. The molecule has 0 unspecified atom stereocenters. The summed E-state index contributed by atoms with van der Waals surface area (Å²) in [4.78, 5) is 17.3. The highest BCUT2D eigenvalue weighted by molar-refractivity contribution is 8.76. The van der Waals surface area contributed by atoms with Crippen LogP contribution in [0.4, 0.5) is 11.4 Å². The lowest BCUT2D eigenvalue weighted by molar-refractivity contribution is -0.114. The highest BCUT2D eigenvalue weighted by Crippen LogP contribution is 2.45. The summed E-state index contributed by atoms with van der Waals surface area (Å²) < 4.78 is 0. The molecule has 1 amide bonds. The van der Waals surface area contributed by atoms with Crippen LogP contribution in [-0.2, 0) is 4.79 Å². The molecule has 2 aliphatic rings. The maximum Gasteiger partial charge on any atom is 0.254 e. The fourth-order valence-electron chi connectivity index (χ4n) is 4.67. The molecule has 0 bridgehead atoms. The van der Waals surface area contributed by atoms with Crippen molar-refractivity contribution in [2.24, 2.45) is 0 Å². The fourth-order valence-corrected chi connectivity index (χ4v) is 6.98. The molecule has 0 radical (unpaired) electrons. The first-order valence-corrected chi connectivity index (χ1v) is 13.8. The smallest absolute Gasteiger partial charge is 0.254 e. The highest BCUT2D eigenvalue weighted by Gasteiger charge is 2.29. The molecule has 0 heterocycles. The molecule has 0 atom stereocenters. The lowest BCUT2D eigenvalue weighted by Crippen LogP contribution is -2.38. The van der Waals surface area contributed by atoms with Gasteiger partial charge in [0.1, 0.15) is 0 Å². The lowest BCUT2D eigenvalue weighted by atomic mass is 10.1. The SMILES string of the molecule is C/C(O)=C/C(=O)N(c1ccccc1SSc1ccccc1NC1CCCC1)C1CCCC1. The summed E-state index contributed by atoms with van der Waals surface area (Å²) in [7, 11) is 3.43. The van der Waals surface area contributed by atoms with E-state index in [0.29, 0.717) is 6.04 Å². The number of amides is 1. The van der Waals surface area contributed by atoms with Crippen molar-refractivity contribution in [3.05, 3.63) is 60.4 Å². The number of anilines is 2. The number of carbonyl (C=O) groups excluding carboxylic acids is 1. The summed E-state index contributed by atoms with van der Waals surface area (Å²) in [5.41, 5.74) is 2.12. The van der Waals surface area contributed by atoms with Gasteiger partial charge in [0, 0.05) is 33.6 Å². The molecule has 0 spiro atoms. The number of nitrogens with zero attached hydrogens (tertiary/aromatic N) is 1. The summed E-state index contributed by atoms with van der Waals surface area (Å²) in [6.07, 6.45) is 10.7. The third-order valence-electron chi connectivity index (χ3n) is 6.21. The number of hydrogen-bond acceptors (Lipinski definition) is 5. The van der Waals surface area contributed by atoms with E-state index in [1.54, 1.807) is 28.5 Å². The molecule has 4 rings (SSSR count). The van der Waals surface area contributed by atoms with Crippen LogP contribution in [0, 0.1) is 0 Å². The Balaban J connectivity index is 1.56. The summed E-state index contributed by atoms with van der Waals surface area (Å²) >= 11 is 0. The Labute approximate surface area is 199 Å². The Bertz CT molecular complexity index is 946. The van der Waals surface area contributed by atoms with Gasteiger partial charge in [0.25, 0.3) is 5.91 Å². The van der Waals surface area contributed by atoms with E-state index in [4.69, 9.17) is 0 Å². The third-order valence-corrected chi connectivity index (χ3v) is 8.68. The molecule has 0 saturated heterocycles. The zero-order valence-electron chi connectivity index (χ0n) is 18.6. The van der Waals surface area contributed by atoms with E-state index in [1.807, 2.05) is 23.1 Å². The van der Waals surface area contributed by atoms with Crippen LogP contribution in [0.5, 0.6) is 0 Å². The zero-order valence-corrected chi connectivity index (χ0v) is 20.3. The summed E-state index contributed by atoms with van der Waals surface area (Å²) in [5.74, 6) is -0.0947. The number of aliphatic hydroxyl groups is 1. The molecular weight excluding hydrogens is 436 g/mol. The van der Waals surface area contributed by atoms with Crippen molar-refractivity contribution in [1.29, 1.82) is 0 Å². The maximum absolute atomic E-state index is 13.1. The quantitative estimate of drug-likeness (QED) is 0.238. The monoisotopic (exact) mass is 468 g/mol. The van der Waals surface area contributed by atoms with Gasteiger partial charge >= 0.3 is 0 Å². The van der Waals surface area contributed by atoms with Gasteiger partial charge in [-0.15, -0.1) is 0 Å². The largest absolute Gasteiger partial charge is 0.512 e. The number of allylic oxidation sites excluding steroid dienone is 1. The number of nitrogens with one attached hydrogen (secondary N) is 1. The minimum absolute atomic E-state index is 0.0458. The maximum atomic E-state index is 13.1. The van der Waals surface area contributed by atoms with Gasteiger partial charge in [0.2, 0.25) is 0 Å². The zero-order chi connectivity index (χ0) is 22.3. The second-order valence-corrected chi connectivity index (χ2v) is 10.9. The van der Waals surface area contributed by atoms with Gasteiger partial charge in [-0.05, 0) is 56.9 Å². The van der Waals surface area contributed by atoms with Crippen molar-refractivity contribution < 1.29 is 9.90 Å². The van der Waals surface area contributed by atoms with Crippen molar-refractivity contribution >= 4 is 38.9 Å². The molecule has 0 aromatic heterocycles. The Morgan fingerprint density at radius 2 is 1.53 bits per heavy atom. The van der Waals surface area contributed by atoms with Crippen LogP contribution in [0.1, 0.15) is 58.3 Å². The van der Waals surface area contributed by atoms with E-state index >= 15 is 0 Å². The van der Waals surface area contributed by atoms with Crippen LogP contribution in [-0.4, -0.2) is 23.1 Å². The first-order chi connectivity index (χ1) is 15.6. The second-order valence-electron chi connectivity index (χ2n) is 8.69. The molecule has 32 heavy (non-hydrogen) atoms. The van der Waals surface area contributed by atoms with Crippen LogP contribution in [0.25, 0.3) is 0 Å². The standard InChI is InChI=1S/C26H32N2O2S2/c1-19(29)18-26(30)28(21-12-4-5-13-21)23-15-7-9-17-25(23)32-31-24-16-8-6-14-22(24)27-20-10-2-3-11-20/h6-9,14-18,20-21,27,29H,2-5,10-13H2,1H3/b19-18-. The molecule has 2 aliphatic carbocycles. The Kier molecular flexibility index (Phi) is 8.09. The van der Waals surface area contributed by atoms with Gasteiger partial charge in [0.05, 0.1) is 11.4 Å².